The highest BCUT2D eigenvalue weighted by molar-refractivity contribution is 7.45. The number of unbranched alkanes of at least 4 members (excludes halogenated alkanes) is 48. The van der Waals surface area contributed by atoms with Crippen LogP contribution in [0.3, 0.4) is 0 Å². The second-order valence-corrected chi connectivity index (χ2v) is 28.8. The van der Waals surface area contributed by atoms with E-state index in [9.17, 15) is 19.0 Å². The quantitative estimate of drug-likeness (QED) is 0.0195. The van der Waals surface area contributed by atoms with Gasteiger partial charge in [-0.15, -0.1) is 0 Å². The number of nitrogens with zero attached hydrogens (tertiary/aromatic N) is 1. The maximum absolute atomic E-state index is 12.9. The van der Waals surface area contributed by atoms with E-state index in [0.29, 0.717) is 17.4 Å². The zero-order valence-corrected chi connectivity index (χ0v) is 60.5. The third-order valence-corrected chi connectivity index (χ3v) is 18.3. The monoisotopic (exact) mass is 1270 g/mol. The summed E-state index contributed by atoms with van der Waals surface area (Å²) in [6.45, 7) is 4.20. The van der Waals surface area contributed by atoms with Crippen LogP contribution in [-0.4, -0.2) is 70.0 Å². The van der Waals surface area contributed by atoms with Crippen LogP contribution in [0.5, 0.6) is 0 Å². The normalized spacial score (nSPS) is 13.4. The summed E-state index contributed by atoms with van der Waals surface area (Å²) in [6.07, 6.45) is 93.3. The van der Waals surface area contributed by atoms with E-state index in [2.05, 4.69) is 74.6 Å². The number of phosphoric acid groups is 1. The lowest BCUT2D eigenvalue weighted by Gasteiger charge is -2.28. The molecule has 2 atom stereocenters. The fourth-order valence-corrected chi connectivity index (χ4v) is 12.2. The summed E-state index contributed by atoms with van der Waals surface area (Å²) >= 11 is 0. The van der Waals surface area contributed by atoms with Crippen LogP contribution in [0.15, 0.2) is 60.8 Å². The summed E-state index contributed by atoms with van der Waals surface area (Å²) in [5.41, 5.74) is 0. The van der Waals surface area contributed by atoms with Crippen LogP contribution in [0.2, 0.25) is 0 Å². The Balaban J connectivity index is 3.93. The van der Waals surface area contributed by atoms with Crippen LogP contribution >= 0.6 is 7.82 Å². The van der Waals surface area contributed by atoms with Crippen LogP contribution in [0.4, 0.5) is 0 Å². The molecular formula is C79H148NO8P. The molecule has 0 spiro atoms. The highest BCUT2D eigenvalue weighted by Gasteiger charge is 2.22. The van der Waals surface area contributed by atoms with Crippen molar-refractivity contribution in [3.63, 3.8) is 0 Å². The van der Waals surface area contributed by atoms with Gasteiger partial charge in [-0.25, -0.2) is 0 Å². The summed E-state index contributed by atoms with van der Waals surface area (Å²) in [4.78, 5) is 38.1. The van der Waals surface area contributed by atoms with Gasteiger partial charge in [-0.05, 0) is 57.8 Å². The number of hydrogen-bond donors (Lipinski definition) is 0. The molecule has 0 fully saturated rings. The van der Waals surface area contributed by atoms with Crippen molar-refractivity contribution in [2.24, 2.45) is 0 Å². The Hall–Kier alpha value is -2.29. The Morgan fingerprint density at radius 3 is 0.955 bits per heavy atom. The van der Waals surface area contributed by atoms with E-state index in [1.807, 2.05) is 21.1 Å². The predicted octanol–water partition coefficient (Wildman–Crippen LogP) is 24.7. The van der Waals surface area contributed by atoms with Gasteiger partial charge in [0.15, 0.2) is 6.10 Å². The average molecular weight is 1270 g/mol. The minimum Gasteiger partial charge on any atom is -0.756 e. The van der Waals surface area contributed by atoms with Gasteiger partial charge in [0, 0.05) is 12.8 Å². The Labute approximate surface area is 553 Å². The molecule has 89 heavy (non-hydrogen) atoms. The lowest BCUT2D eigenvalue weighted by molar-refractivity contribution is -0.870. The minimum absolute atomic E-state index is 0.0281. The van der Waals surface area contributed by atoms with E-state index in [-0.39, 0.29) is 32.0 Å². The van der Waals surface area contributed by atoms with E-state index in [4.69, 9.17) is 18.5 Å². The number of likely N-dealkylation sites (N-methyl/N-ethyl adjacent to an activating group) is 1. The van der Waals surface area contributed by atoms with Crippen molar-refractivity contribution in [1.29, 1.82) is 0 Å². The van der Waals surface area contributed by atoms with Crippen LogP contribution in [0, 0.1) is 0 Å². The molecular weight excluding hydrogens is 1120 g/mol. The van der Waals surface area contributed by atoms with E-state index in [0.717, 1.165) is 64.2 Å². The van der Waals surface area contributed by atoms with Crippen LogP contribution < -0.4 is 4.89 Å². The SMILES string of the molecule is CC/C=C\C/C=C\C/C=C\C/C=C\C/C=C\CCCCCCCCCCCCCCCCCCCCCCCC(=O)OC(COC(=O)CCCCCCCCCCCCCCCCCCCCCCCCCCCCCC)COP(=O)([O-])OCC[N+](C)(C)C. The zero-order valence-electron chi connectivity index (χ0n) is 59.6. The van der Waals surface area contributed by atoms with Gasteiger partial charge < -0.3 is 27.9 Å². The van der Waals surface area contributed by atoms with E-state index < -0.39 is 26.5 Å². The minimum atomic E-state index is -4.64. The van der Waals surface area contributed by atoms with Gasteiger partial charge in [0.05, 0.1) is 27.7 Å². The summed E-state index contributed by atoms with van der Waals surface area (Å²) in [6, 6.07) is 0. The standard InChI is InChI=1S/C79H148NO8P/c1-6-8-10-12-14-16-18-20-22-24-26-28-30-32-34-36-37-38-39-40-41-42-43-44-46-48-50-52-54-56-58-60-62-64-66-68-70-72-79(82)88-77(76-87-89(83,84)86-74-73-80(3,4)5)75-85-78(81)71-69-67-65-63-61-59-57-55-53-51-49-47-45-35-33-31-29-27-25-23-21-19-17-15-13-11-9-7-2/h8,10,14,16,20,22,26,28,32,34,77H,6-7,9,11-13,15,17-19,21,23-25,27,29-31,33,35-76H2,1-5H3/b10-8-,16-14-,22-20-,28-26-,34-32-. The van der Waals surface area contributed by atoms with Crippen LogP contribution in [0.25, 0.3) is 0 Å². The lowest BCUT2D eigenvalue weighted by atomic mass is 10.0. The molecule has 9 nitrogen and oxygen atoms in total. The fraction of sp³-hybridized carbons (Fsp3) is 0.848. The number of phosphoric ester groups is 1. The molecule has 0 aliphatic heterocycles. The highest BCUT2D eigenvalue weighted by atomic mass is 31.2. The molecule has 522 valence electrons. The topological polar surface area (TPSA) is 111 Å². The molecule has 0 rings (SSSR count). The highest BCUT2D eigenvalue weighted by Crippen LogP contribution is 2.38. The van der Waals surface area contributed by atoms with Crippen LogP contribution in [-0.2, 0) is 32.7 Å². The van der Waals surface area contributed by atoms with Gasteiger partial charge >= 0.3 is 11.9 Å². The van der Waals surface area contributed by atoms with Crippen molar-refractivity contribution in [2.45, 2.75) is 386 Å². The molecule has 0 aromatic heterocycles. The van der Waals surface area contributed by atoms with Crippen molar-refractivity contribution in [3.05, 3.63) is 60.8 Å². The van der Waals surface area contributed by atoms with Crippen molar-refractivity contribution >= 4 is 19.8 Å². The first kappa shape index (κ1) is 86.7. The molecule has 0 bridgehead atoms. The first-order valence-corrected chi connectivity index (χ1v) is 40.0. The Bertz CT molecular complexity index is 1690. The number of carbonyl (C=O) groups is 2. The fourth-order valence-electron chi connectivity index (χ4n) is 11.5. The van der Waals surface area contributed by atoms with Crippen LogP contribution in [0.1, 0.15) is 380 Å². The number of rotatable bonds is 72. The Morgan fingerprint density at radius 1 is 0.360 bits per heavy atom. The molecule has 0 heterocycles. The number of esters is 2. The zero-order chi connectivity index (χ0) is 64.8. The first-order valence-electron chi connectivity index (χ1n) is 38.5. The van der Waals surface area contributed by atoms with Crippen molar-refractivity contribution < 1.29 is 42.1 Å². The molecule has 0 radical (unpaired) electrons. The van der Waals surface area contributed by atoms with E-state index >= 15 is 0 Å². The number of hydrogen-bond acceptors (Lipinski definition) is 8. The molecule has 0 aromatic rings. The summed E-state index contributed by atoms with van der Waals surface area (Å²) in [7, 11) is 1.19. The molecule has 0 N–H and O–H groups in total. The van der Waals surface area contributed by atoms with Gasteiger partial charge in [0.1, 0.15) is 19.8 Å². The largest absolute Gasteiger partial charge is 0.756 e. The third-order valence-electron chi connectivity index (χ3n) is 17.3. The number of carbonyl (C=O) groups excluding carboxylic acids is 2. The third kappa shape index (κ3) is 74.6. The van der Waals surface area contributed by atoms with E-state index in [1.165, 1.54) is 283 Å². The molecule has 0 saturated heterocycles. The molecule has 0 aromatic carbocycles. The van der Waals surface area contributed by atoms with Gasteiger partial charge in [0.25, 0.3) is 7.82 Å². The van der Waals surface area contributed by atoms with Crippen molar-refractivity contribution in [1.82, 2.24) is 0 Å². The van der Waals surface area contributed by atoms with E-state index in [1.54, 1.807) is 0 Å². The van der Waals surface area contributed by atoms with Gasteiger partial charge in [-0.2, -0.15) is 0 Å². The molecule has 0 saturated carbocycles. The molecule has 2 unspecified atom stereocenters. The summed E-state index contributed by atoms with van der Waals surface area (Å²) in [5, 5.41) is 0. The second kappa shape index (κ2) is 70.0. The Kier molecular flexibility index (Phi) is 68.2. The van der Waals surface area contributed by atoms with Crippen molar-refractivity contribution in [3.8, 4) is 0 Å². The first-order chi connectivity index (χ1) is 43.5. The second-order valence-electron chi connectivity index (χ2n) is 27.4. The lowest BCUT2D eigenvalue weighted by Crippen LogP contribution is -2.37. The predicted molar refractivity (Wildman–Crippen MR) is 383 cm³/mol. The van der Waals surface area contributed by atoms with Gasteiger partial charge in [-0.3, -0.25) is 14.2 Å². The summed E-state index contributed by atoms with van der Waals surface area (Å²) in [5.74, 6) is -0.810. The molecule has 10 heteroatoms. The van der Waals surface area contributed by atoms with Gasteiger partial charge in [0.2, 0.25) is 0 Å². The molecule has 0 amide bonds. The molecule has 0 aliphatic rings. The average Bonchev–Trinajstić information content (AvgIpc) is 3.60. The number of allylic oxidation sites excluding steroid dienone is 10. The maximum atomic E-state index is 12.9. The van der Waals surface area contributed by atoms with Crippen molar-refractivity contribution in [2.75, 3.05) is 47.5 Å². The number of ether oxygens (including phenoxy) is 2. The Morgan fingerprint density at radius 2 is 0.640 bits per heavy atom. The molecule has 0 aliphatic carbocycles. The van der Waals surface area contributed by atoms with Gasteiger partial charge in [-0.1, -0.05) is 370 Å². The smallest absolute Gasteiger partial charge is 0.306 e. The summed E-state index contributed by atoms with van der Waals surface area (Å²) < 4.78 is 34.4. The number of quaternary nitrogens is 1. The maximum Gasteiger partial charge on any atom is 0.306 e.